The molecule has 1 unspecified atom stereocenters. The van der Waals surface area contributed by atoms with E-state index >= 15 is 0 Å². The Morgan fingerprint density at radius 3 is 2.57 bits per heavy atom. The van der Waals surface area contributed by atoms with E-state index < -0.39 is 0 Å². The minimum absolute atomic E-state index is 0.0297. The van der Waals surface area contributed by atoms with Crippen molar-refractivity contribution in [2.24, 2.45) is 0 Å². The zero-order valence-electron chi connectivity index (χ0n) is 11.5. The van der Waals surface area contributed by atoms with E-state index in [9.17, 15) is 4.39 Å². The van der Waals surface area contributed by atoms with Gasteiger partial charge in [-0.15, -0.1) is 0 Å². The Hall–Kier alpha value is -0.610. The smallest absolute Gasteiger partial charge is 0.127 e. The predicted molar refractivity (Wildman–Crippen MR) is 90.7 cm³/mol. The number of hydrogen-bond donors (Lipinski definition) is 1. The number of benzene rings is 2. The lowest BCUT2D eigenvalue weighted by atomic mass is 9.98. The molecular formula is C16H15BrCl2FN. The number of rotatable bonds is 5. The number of likely N-dealkylation sites (N-methyl/N-ethyl adjacent to an activating group) is 1. The minimum Gasteiger partial charge on any atom is -0.310 e. The number of hydrogen-bond acceptors (Lipinski definition) is 1. The molecule has 0 radical (unpaired) electrons. The topological polar surface area (TPSA) is 12.0 Å². The molecule has 0 bridgehead atoms. The van der Waals surface area contributed by atoms with Crippen molar-refractivity contribution in [1.82, 2.24) is 5.32 Å². The van der Waals surface area contributed by atoms with E-state index in [1.807, 2.05) is 25.1 Å². The Morgan fingerprint density at radius 1 is 1.19 bits per heavy atom. The summed E-state index contributed by atoms with van der Waals surface area (Å²) >= 11 is 15.6. The maximum Gasteiger partial charge on any atom is 0.127 e. The average Bonchev–Trinajstić information content (AvgIpc) is 2.45. The molecule has 0 aromatic heterocycles. The highest BCUT2D eigenvalue weighted by Gasteiger charge is 2.16. The van der Waals surface area contributed by atoms with Crippen molar-refractivity contribution in [2.75, 3.05) is 6.54 Å². The molecule has 5 heteroatoms. The highest BCUT2D eigenvalue weighted by Crippen LogP contribution is 2.30. The third-order valence-electron chi connectivity index (χ3n) is 3.27. The van der Waals surface area contributed by atoms with Gasteiger partial charge in [0.1, 0.15) is 5.82 Å². The number of nitrogens with one attached hydrogen (secondary N) is 1. The van der Waals surface area contributed by atoms with Gasteiger partial charge in [-0.2, -0.15) is 0 Å². The summed E-state index contributed by atoms with van der Waals surface area (Å²) < 4.78 is 14.8. The van der Waals surface area contributed by atoms with Crippen molar-refractivity contribution in [3.05, 3.63) is 67.9 Å². The Morgan fingerprint density at radius 2 is 1.95 bits per heavy atom. The molecular weight excluding hydrogens is 376 g/mol. The third-order valence-corrected chi connectivity index (χ3v) is 4.83. The second kappa shape index (κ2) is 7.59. The first-order valence-corrected chi connectivity index (χ1v) is 8.19. The highest BCUT2D eigenvalue weighted by molar-refractivity contribution is 9.10. The van der Waals surface area contributed by atoms with Crippen molar-refractivity contribution in [3.63, 3.8) is 0 Å². The van der Waals surface area contributed by atoms with Gasteiger partial charge < -0.3 is 5.32 Å². The predicted octanol–water partition coefficient (Wildman–Crippen LogP) is 5.79. The van der Waals surface area contributed by atoms with Crippen LogP contribution < -0.4 is 5.32 Å². The van der Waals surface area contributed by atoms with Crippen LogP contribution >= 0.6 is 39.1 Å². The first-order chi connectivity index (χ1) is 10.0. The van der Waals surface area contributed by atoms with Gasteiger partial charge in [0.2, 0.25) is 0 Å². The van der Waals surface area contributed by atoms with Gasteiger partial charge in [0.15, 0.2) is 0 Å². The van der Waals surface area contributed by atoms with Gasteiger partial charge in [-0.1, -0.05) is 42.3 Å². The van der Waals surface area contributed by atoms with Gasteiger partial charge in [0.05, 0.1) is 5.02 Å². The van der Waals surface area contributed by atoms with E-state index in [0.717, 1.165) is 16.6 Å². The van der Waals surface area contributed by atoms with Crippen LogP contribution in [0.2, 0.25) is 10.0 Å². The highest BCUT2D eigenvalue weighted by atomic mass is 79.9. The lowest BCUT2D eigenvalue weighted by Gasteiger charge is -2.20. The molecule has 1 atom stereocenters. The second-order valence-electron chi connectivity index (χ2n) is 4.69. The quantitative estimate of drug-likeness (QED) is 0.681. The summed E-state index contributed by atoms with van der Waals surface area (Å²) in [5, 5.41) is 4.46. The van der Waals surface area contributed by atoms with Crippen LogP contribution in [0, 0.1) is 5.82 Å². The lowest BCUT2D eigenvalue weighted by molar-refractivity contribution is 0.528. The van der Waals surface area contributed by atoms with Gasteiger partial charge in [-0.3, -0.25) is 0 Å². The minimum atomic E-state index is -0.279. The van der Waals surface area contributed by atoms with Crippen molar-refractivity contribution in [1.29, 1.82) is 0 Å². The average molecular weight is 391 g/mol. The SMILES string of the molecule is CCNC(Cc1c(F)cccc1Cl)c1ccc(Cl)c(Br)c1. The normalized spacial score (nSPS) is 12.4. The zero-order valence-corrected chi connectivity index (χ0v) is 14.6. The molecule has 0 spiro atoms. The fourth-order valence-electron chi connectivity index (χ4n) is 2.21. The molecule has 0 amide bonds. The summed E-state index contributed by atoms with van der Waals surface area (Å²) in [7, 11) is 0. The molecule has 0 heterocycles. The van der Waals surface area contributed by atoms with E-state index in [0.29, 0.717) is 22.0 Å². The monoisotopic (exact) mass is 389 g/mol. The summed E-state index contributed by atoms with van der Waals surface area (Å²) in [6.45, 7) is 2.79. The van der Waals surface area contributed by atoms with Crippen LogP contribution in [0.3, 0.4) is 0 Å². The third kappa shape index (κ3) is 4.19. The van der Waals surface area contributed by atoms with E-state index in [-0.39, 0.29) is 11.9 Å². The lowest BCUT2D eigenvalue weighted by Crippen LogP contribution is -2.23. The van der Waals surface area contributed by atoms with Crippen molar-refractivity contribution in [2.45, 2.75) is 19.4 Å². The molecule has 2 rings (SSSR count). The van der Waals surface area contributed by atoms with Crippen LogP contribution in [0.1, 0.15) is 24.1 Å². The van der Waals surface area contributed by atoms with Gasteiger partial charge in [0.25, 0.3) is 0 Å². The molecule has 1 nitrogen and oxygen atoms in total. The molecule has 0 aliphatic rings. The fourth-order valence-corrected chi connectivity index (χ4v) is 2.97. The molecule has 0 aliphatic carbocycles. The summed E-state index contributed by atoms with van der Waals surface area (Å²) in [5.41, 5.74) is 1.56. The molecule has 1 N–H and O–H groups in total. The standard InChI is InChI=1S/C16H15BrCl2FN/c1-2-21-16(10-6-7-14(19)12(17)8-10)9-11-13(18)4-3-5-15(11)20/h3-8,16,21H,2,9H2,1H3. The summed E-state index contributed by atoms with van der Waals surface area (Å²) in [6, 6.07) is 10.4. The Kier molecular flexibility index (Phi) is 6.06. The molecule has 0 aliphatic heterocycles. The Labute approximate surface area is 142 Å². The van der Waals surface area contributed by atoms with Crippen LogP contribution in [0.15, 0.2) is 40.9 Å². The van der Waals surface area contributed by atoms with E-state index in [1.165, 1.54) is 6.07 Å². The van der Waals surface area contributed by atoms with Gasteiger partial charge in [-0.05, 0) is 58.7 Å². The zero-order chi connectivity index (χ0) is 15.4. The molecule has 0 fully saturated rings. The van der Waals surface area contributed by atoms with Crippen LogP contribution in [-0.4, -0.2) is 6.54 Å². The molecule has 2 aromatic rings. The van der Waals surface area contributed by atoms with Gasteiger partial charge in [-0.25, -0.2) is 4.39 Å². The molecule has 2 aromatic carbocycles. The fraction of sp³-hybridized carbons (Fsp3) is 0.250. The van der Waals surface area contributed by atoms with Gasteiger partial charge in [0, 0.05) is 21.1 Å². The number of halogens is 4. The van der Waals surface area contributed by atoms with Gasteiger partial charge >= 0.3 is 0 Å². The maximum absolute atomic E-state index is 14.0. The van der Waals surface area contributed by atoms with E-state index in [2.05, 4.69) is 21.2 Å². The first kappa shape index (κ1) is 16.8. The molecule has 0 saturated carbocycles. The Balaban J connectivity index is 2.33. The maximum atomic E-state index is 14.0. The van der Waals surface area contributed by atoms with Crippen molar-refractivity contribution >= 4 is 39.1 Å². The van der Waals surface area contributed by atoms with E-state index in [1.54, 1.807) is 12.1 Å². The van der Waals surface area contributed by atoms with Crippen LogP contribution in [0.25, 0.3) is 0 Å². The Bertz CT molecular complexity index is 613. The largest absolute Gasteiger partial charge is 0.310 e. The molecule has 112 valence electrons. The summed E-state index contributed by atoms with van der Waals surface area (Å²) in [6.07, 6.45) is 0.480. The summed E-state index contributed by atoms with van der Waals surface area (Å²) in [4.78, 5) is 0. The first-order valence-electron chi connectivity index (χ1n) is 6.64. The summed E-state index contributed by atoms with van der Waals surface area (Å²) in [5.74, 6) is -0.279. The van der Waals surface area contributed by atoms with E-state index in [4.69, 9.17) is 23.2 Å². The van der Waals surface area contributed by atoms with Crippen LogP contribution in [-0.2, 0) is 6.42 Å². The molecule has 21 heavy (non-hydrogen) atoms. The second-order valence-corrected chi connectivity index (χ2v) is 6.36. The van der Waals surface area contributed by atoms with Crippen molar-refractivity contribution < 1.29 is 4.39 Å². The van der Waals surface area contributed by atoms with Crippen molar-refractivity contribution in [3.8, 4) is 0 Å². The van der Waals surface area contributed by atoms with Crippen LogP contribution in [0.5, 0.6) is 0 Å². The van der Waals surface area contributed by atoms with Crippen LogP contribution in [0.4, 0.5) is 4.39 Å². The molecule has 0 saturated heterocycles.